The lowest BCUT2D eigenvalue weighted by molar-refractivity contribution is 0.0600. The second kappa shape index (κ2) is 7.71. The Bertz CT molecular complexity index is 819. The number of carbonyl (C=O) groups excluding carboxylic acids is 1. The van der Waals surface area contributed by atoms with E-state index in [0.29, 0.717) is 5.56 Å². The molecule has 1 aliphatic carbocycles. The zero-order chi connectivity index (χ0) is 19.7. The number of benzene rings is 2. The minimum absolute atomic E-state index is 0.255. The van der Waals surface area contributed by atoms with E-state index in [-0.39, 0.29) is 16.8 Å². The van der Waals surface area contributed by atoms with Crippen molar-refractivity contribution in [3.8, 4) is 0 Å². The van der Waals surface area contributed by atoms with Crippen LogP contribution in [0.3, 0.4) is 0 Å². The van der Waals surface area contributed by atoms with Crippen LogP contribution in [-0.2, 0) is 22.0 Å². The van der Waals surface area contributed by atoms with Gasteiger partial charge in [-0.1, -0.05) is 45.9 Å². The van der Waals surface area contributed by atoms with Crippen molar-refractivity contribution in [2.45, 2.75) is 62.7 Å². The Hall–Kier alpha value is -1.74. The van der Waals surface area contributed by atoms with Crippen LogP contribution in [0.15, 0.2) is 47.4 Å². The zero-order valence-electron chi connectivity index (χ0n) is 17.1. The van der Waals surface area contributed by atoms with Crippen molar-refractivity contribution in [3.05, 3.63) is 64.7 Å². The lowest BCUT2D eigenvalue weighted by Crippen LogP contribution is -2.33. The highest BCUT2D eigenvalue weighted by atomic mass is 32.2. The molecule has 3 rings (SSSR count). The summed E-state index contributed by atoms with van der Waals surface area (Å²) in [4.78, 5) is 12.9. The second-order valence-electron chi connectivity index (χ2n) is 8.76. The molecule has 0 aliphatic heterocycles. The molecular formula is C24H30O2S. The van der Waals surface area contributed by atoms with Gasteiger partial charge < -0.3 is 4.74 Å². The molecule has 0 atom stereocenters. The van der Waals surface area contributed by atoms with E-state index in [2.05, 4.69) is 45.9 Å². The van der Waals surface area contributed by atoms with Gasteiger partial charge in [0.2, 0.25) is 0 Å². The van der Waals surface area contributed by atoms with E-state index in [1.807, 2.05) is 36.0 Å². The van der Waals surface area contributed by atoms with Crippen molar-refractivity contribution >= 4 is 17.7 Å². The SMILES string of the molecule is COC(=O)c1ccc(CCSc2ccc3c(c2)C(C)(C)CCC3(C)C)cc1. The quantitative estimate of drug-likeness (QED) is 0.458. The first-order chi connectivity index (χ1) is 12.7. The first-order valence-electron chi connectivity index (χ1n) is 9.68. The third kappa shape index (κ3) is 4.40. The molecule has 0 saturated carbocycles. The van der Waals surface area contributed by atoms with Gasteiger partial charge in [-0.15, -0.1) is 11.8 Å². The number of rotatable bonds is 5. The number of carbonyl (C=O) groups is 1. The third-order valence-corrected chi connectivity index (χ3v) is 6.85. The highest BCUT2D eigenvalue weighted by Gasteiger charge is 2.36. The zero-order valence-corrected chi connectivity index (χ0v) is 17.9. The van der Waals surface area contributed by atoms with Crippen LogP contribution in [0.2, 0.25) is 0 Å². The molecule has 0 radical (unpaired) electrons. The summed E-state index contributed by atoms with van der Waals surface area (Å²) in [6, 6.07) is 14.8. The predicted octanol–water partition coefficient (Wildman–Crippen LogP) is 6.16. The maximum Gasteiger partial charge on any atom is 0.337 e. The van der Waals surface area contributed by atoms with E-state index < -0.39 is 0 Å². The Kier molecular flexibility index (Phi) is 5.71. The number of hydrogen-bond donors (Lipinski definition) is 0. The lowest BCUT2D eigenvalue weighted by Gasteiger charge is -2.42. The molecule has 0 bridgehead atoms. The Morgan fingerprint density at radius 1 is 0.963 bits per heavy atom. The minimum Gasteiger partial charge on any atom is -0.465 e. The van der Waals surface area contributed by atoms with E-state index in [1.165, 1.54) is 41.5 Å². The Morgan fingerprint density at radius 3 is 2.22 bits per heavy atom. The monoisotopic (exact) mass is 382 g/mol. The smallest absolute Gasteiger partial charge is 0.337 e. The molecule has 0 amide bonds. The molecule has 2 aromatic carbocycles. The van der Waals surface area contributed by atoms with Crippen LogP contribution in [0, 0.1) is 0 Å². The van der Waals surface area contributed by atoms with E-state index >= 15 is 0 Å². The lowest BCUT2D eigenvalue weighted by atomic mass is 9.63. The first-order valence-corrected chi connectivity index (χ1v) is 10.7. The van der Waals surface area contributed by atoms with E-state index in [4.69, 9.17) is 4.74 Å². The summed E-state index contributed by atoms with van der Waals surface area (Å²) in [6.07, 6.45) is 3.48. The van der Waals surface area contributed by atoms with E-state index in [9.17, 15) is 4.79 Å². The Labute approximate surface area is 167 Å². The number of hydrogen-bond acceptors (Lipinski definition) is 3. The summed E-state index contributed by atoms with van der Waals surface area (Å²) in [6.45, 7) is 9.48. The fourth-order valence-electron chi connectivity index (χ4n) is 3.87. The molecule has 144 valence electrons. The normalized spacial score (nSPS) is 17.2. The van der Waals surface area contributed by atoms with Gasteiger partial charge in [0.15, 0.2) is 0 Å². The van der Waals surface area contributed by atoms with Crippen LogP contribution < -0.4 is 0 Å². The number of aryl methyl sites for hydroxylation is 1. The number of methoxy groups -OCH3 is 1. The molecule has 2 nitrogen and oxygen atoms in total. The molecule has 0 fully saturated rings. The van der Waals surface area contributed by atoms with Gasteiger partial charge in [-0.3, -0.25) is 0 Å². The van der Waals surface area contributed by atoms with Gasteiger partial charge in [0.25, 0.3) is 0 Å². The van der Waals surface area contributed by atoms with Crippen LogP contribution in [0.5, 0.6) is 0 Å². The standard InChI is InChI=1S/C24H30O2S/c1-23(2)13-14-24(3,4)21-16-19(10-11-20(21)23)27-15-12-17-6-8-18(9-7-17)22(25)26-5/h6-11,16H,12-15H2,1-5H3. The Morgan fingerprint density at radius 2 is 1.59 bits per heavy atom. The van der Waals surface area contributed by atoms with Gasteiger partial charge in [-0.25, -0.2) is 4.79 Å². The van der Waals surface area contributed by atoms with Crippen LogP contribution in [0.4, 0.5) is 0 Å². The van der Waals surface area contributed by atoms with Crippen molar-refractivity contribution in [2.75, 3.05) is 12.9 Å². The predicted molar refractivity (Wildman–Crippen MR) is 114 cm³/mol. The van der Waals surface area contributed by atoms with Crippen molar-refractivity contribution in [2.24, 2.45) is 0 Å². The number of fused-ring (bicyclic) bond motifs is 1. The highest BCUT2D eigenvalue weighted by molar-refractivity contribution is 7.99. The molecule has 0 unspecified atom stereocenters. The van der Waals surface area contributed by atoms with Crippen LogP contribution in [-0.4, -0.2) is 18.8 Å². The fourth-order valence-corrected chi connectivity index (χ4v) is 4.81. The van der Waals surface area contributed by atoms with E-state index in [0.717, 1.165) is 12.2 Å². The average molecular weight is 383 g/mol. The summed E-state index contributed by atoms with van der Waals surface area (Å²) in [5, 5.41) is 0. The van der Waals surface area contributed by atoms with Crippen molar-refractivity contribution < 1.29 is 9.53 Å². The van der Waals surface area contributed by atoms with Crippen molar-refractivity contribution in [1.29, 1.82) is 0 Å². The summed E-state index contributed by atoms with van der Waals surface area (Å²) < 4.78 is 4.75. The van der Waals surface area contributed by atoms with Crippen LogP contribution in [0.1, 0.15) is 67.6 Å². The Balaban J connectivity index is 1.66. The van der Waals surface area contributed by atoms with Crippen molar-refractivity contribution in [1.82, 2.24) is 0 Å². The maximum atomic E-state index is 11.5. The largest absolute Gasteiger partial charge is 0.465 e. The van der Waals surface area contributed by atoms with Crippen molar-refractivity contribution in [3.63, 3.8) is 0 Å². The summed E-state index contributed by atoms with van der Waals surface area (Å²) in [7, 11) is 1.41. The molecule has 27 heavy (non-hydrogen) atoms. The molecule has 0 saturated heterocycles. The van der Waals surface area contributed by atoms with Gasteiger partial charge in [0.1, 0.15) is 0 Å². The molecule has 0 heterocycles. The number of ether oxygens (including phenoxy) is 1. The summed E-state index contributed by atoms with van der Waals surface area (Å²) in [5.74, 6) is 0.746. The van der Waals surface area contributed by atoms with Gasteiger partial charge in [-0.05, 0) is 71.0 Å². The molecule has 0 aromatic heterocycles. The molecule has 0 N–H and O–H groups in total. The summed E-state index contributed by atoms with van der Waals surface area (Å²) >= 11 is 1.91. The topological polar surface area (TPSA) is 26.3 Å². The molecule has 3 heteroatoms. The fraction of sp³-hybridized carbons (Fsp3) is 0.458. The second-order valence-corrected chi connectivity index (χ2v) is 9.93. The van der Waals surface area contributed by atoms with Gasteiger partial charge >= 0.3 is 5.97 Å². The molecular weight excluding hydrogens is 352 g/mol. The molecule has 1 aliphatic rings. The minimum atomic E-state index is -0.282. The summed E-state index contributed by atoms with van der Waals surface area (Å²) in [5.41, 5.74) is 5.41. The average Bonchev–Trinajstić information content (AvgIpc) is 2.65. The molecule has 0 spiro atoms. The maximum absolute atomic E-state index is 11.5. The first kappa shape index (κ1) is 20.0. The van der Waals surface area contributed by atoms with Crippen LogP contribution in [0.25, 0.3) is 0 Å². The number of esters is 1. The van der Waals surface area contributed by atoms with E-state index in [1.54, 1.807) is 0 Å². The van der Waals surface area contributed by atoms with Gasteiger partial charge in [0.05, 0.1) is 12.7 Å². The molecule has 2 aromatic rings. The van der Waals surface area contributed by atoms with Gasteiger partial charge in [0, 0.05) is 10.6 Å². The number of thioether (sulfide) groups is 1. The highest BCUT2D eigenvalue weighted by Crippen LogP contribution is 2.46. The van der Waals surface area contributed by atoms with Gasteiger partial charge in [-0.2, -0.15) is 0 Å². The van der Waals surface area contributed by atoms with Crippen LogP contribution >= 0.6 is 11.8 Å². The third-order valence-electron chi connectivity index (χ3n) is 5.86.